The molecule has 2 heterocycles. The number of nitrogens with one attached hydrogen (secondary N) is 1. The molecule has 0 aliphatic carbocycles. The maximum absolute atomic E-state index is 14.0. The minimum absolute atomic E-state index is 0. The molecule has 1 aromatic carbocycles. The Morgan fingerprint density at radius 2 is 2.00 bits per heavy atom. The molecule has 1 aromatic heterocycles. The molecule has 2 aromatic rings. The molecule has 0 saturated carbocycles. The Bertz CT molecular complexity index is 822. The van der Waals surface area contributed by atoms with E-state index in [1.54, 1.807) is 17.4 Å². The van der Waals surface area contributed by atoms with E-state index in [9.17, 15) is 4.39 Å². The topological polar surface area (TPSA) is 47.0 Å². The van der Waals surface area contributed by atoms with Crippen molar-refractivity contribution in [2.75, 3.05) is 57.8 Å². The highest BCUT2D eigenvalue weighted by molar-refractivity contribution is 14.0. The van der Waals surface area contributed by atoms with Crippen LogP contribution in [0.4, 0.5) is 10.1 Å². The van der Waals surface area contributed by atoms with Crippen LogP contribution in [0, 0.1) is 12.7 Å². The summed E-state index contributed by atoms with van der Waals surface area (Å²) in [6.45, 7) is 11.2. The molecule has 1 saturated heterocycles. The van der Waals surface area contributed by atoms with Gasteiger partial charge in [-0.2, -0.15) is 0 Å². The zero-order chi connectivity index (χ0) is 21.3. The van der Waals surface area contributed by atoms with Crippen molar-refractivity contribution >= 4 is 47.0 Å². The van der Waals surface area contributed by atoms with Gasteiger partial charge >= 0.3 is 0 Å². The minimum Gasteiger partial charge on any atom is -0.367 e. The normalized spacial score (nSPS) is 15.0. The summed E-state index contributed by atoms with van der Waals surface area (Å²) in [7, 11) is 2.05. The molecule has 1 fully saturated rings. The number of thiazole rings is 1. The summed E-state index contributed by atoms with van der Waals surface area (Å²) in [6, 6.07) is 7.05. The van der Waals surface area contributed by atoms with Gasteiger partial charge in [-0.15, -0.1) is 35.3 Å². The lowest BCUT2D eigenvalue weighted by molar-refractivity contribution is 0.255. The lowest BCUT2D eigenvalue weighted by Crippen LogP contribution is -2.47. The molecule has 3 rings (SSSR count). The first-order valence-electron chi connectivity index (χ1n) is 10.7. The van der Waals surface area contributed by atoms with E-state index in [-0.39, 0.29) is 29.8 Å². The minimum atomic E-state index is -0.131. The molecule has 1 aliphatic heterocycles. The second-order valence-electron chi connectivity index (χ2n) is 7.58. The number of aliphatic imine (C=N–C) groups is 1. The number of halogens is 2. The number of anilines is 1. The van der Waals surface area contributed by atoms with Crippen LogP contribution in [0.5, 0.6) is 0 Å². The summed E-state index contributed by atoms with van der Waals surface area (Å²) in [4.78, 5) is 16.1. The smallest absolute Gasteiger partial charge is 0.194 e. The van der Waals surface area contributed by atoms with Crippen molar-refractivity contribution in [2.45, 2.75) is 26.8 Å². The van der Waals surface area contributed by atoms with E-state index in [1.165, 1.54) is 6.07 Å². The van der Waals surface area contributed by atoms with E-state index in [0.717, 1.165) is 81.1 Å². The van der Waals surface area contributed by atoms with Gasteiger partial charge in [0.25, 0.3) is 0 Å². The molecule has 172 valence electrons. The molecule has 0 atom stereocenters. The molecule has 0 amide bonds. The maximum atomic E-state index is 14.0. The van der Waals surface area contributed by atoms with Crippen LogP contribution in [0.15, 0.2) is 34.6 Å². The van der Waals surface area contributed by atoms with Gasteiger partial charge in [-0.05, 0) is 32.4 Å². The average molecular weight is 561 g/mol. The fourth-order valence-corrected chi connectivity index (χ4v) is 4.27. The Morgan fingerprint density at radius 3 is 2.65 bits per heavy atom. The number of para-hydroxylation sites is 1. The van der Waals surface area contributed by atoms with Crippen LogP contribution >= 0.6 is 35.3 Å². The molecule has 1 N–H and O–H groups in total. The van der Waals surface area contributed by atoms with Crippen LogP contribution in [0.25, 0.3) is 0 Å². The van der Waals surface area contributed by atoms with Gasteiger partial charge in [0.15, 0.2) is 5.96 Å². The van der Waals surface area contributed by atoms with E-state index in [2.05, 4.69) is 44.4 Å². The Kier molecular flexibility index (Phi) is 11.0. The molecule has 6 nitrogen and oxygen atoms in total. The van der Waals surface area contributed by atoms with Gasteiger partial charge in [-0.3, -0.25) is 9.89 Å². The number of nitrogens with zero attached hydrogens (tertiary/aromatic N) is 5. The number of benzene rings is 1. The van der Waals surface area contributed by atoms with Crippen molar-refractivity contribution in [3.05, 3.63) is 46.2 Å². The number of aryl methyl sites for hydroxylation is 1. The zero-order valence-corrected chi connectivity index (χ0v) is 21.8. The molecular formula is C22H34FIN6S. The summed E-state index contributed by atoms with van der Waals surface area (Å²) >= 11 is 1.68. The van der Waals surface area contributed by atoms with Gasteiger partial charge < -0.3 is 15.1 Å². The quantitative estimate of drug-likeness (QED) is 0.230. The molecule has 0 spiro atoms. The Hall–Kier alpha value is -1.46. The fraction of sp³-hybridized carbons (Fsp3) is 0.545. The van der Waals surface area contributed by atoms with Gasteiger partial charge in [-0.25, -0.2) is 9.37 Å². The van der Waals surface area contributed by atoms with E-state index in [0.29, 0.717) is 0 Å². The number of guanidine groups is 1. The van der Waals surface area contributed by atoms with Crippen molar-refractivity contribution in [3.8, 4) is 0 Å². The van der Waals surface area contributed by atoms with Crippen molar-refractivity contribution < 1.29 is 4.39 Å². The van der Waals surface area contributed by atoms with E-state index in [4.69, 9.17) is 4.99 Å². The molecule has 0 unspecified atom stereocenters. The van der Waals surface area contributed by atoms with Gasteiger partial charge in [-0.1, -0.05) is 12.1 Å². The second-order valence-corrected chi connectivity index (χ2v) is 8.65. The lowest BCUT2D eigenvalue weighted by Gasteiger charge is -2.36. The predicted molar refractivity (Wildman–Crippen MR) is 139 cm³/mol. The van der Waals surface area contributed by atoms with E-state index < -0.39 is 0 Å². The standard InChI is InChI=1S/C22H33FN6S.HI/c1-4-24-22(27(3)16-19-17-30-18(2)26-19)25-10-7-11-28-12-14-29(15-13-28)21-9-6-5-8-20(21)23;/h5-6,8-9,17H,4,7,10-16H2,1-3H3,(H,24,25);1H. The Labute approximate surface area is 206 Å². The number of aromatic nitrogens is 1. The number of piperazine rings is 1. The predicted octanol–water partition coefficient (Wildman–Crippen LogP) is 3.82. The van der Waals surface area contributed by atoms with E-state index >= 15 is 0 Å². The zero-order valence-electron chi connectivity index (χ0n) is 18.7. The highest BCUT2D eigenvalue weighted by atomic mass is 127. The Morgan fingerprint density at radius 1 is 1.26 bits per heavy atom. The van der Waals surface area contributed by atoms with Crippen molar-refractivity contribution in [1.82, 2.24) is 20.1 Å². The van der Waals surface area contributed by atoms with Crippen LogP contribution in [0.1, 0.15) is 24.0 Å². The first kappa shape index (κ1) is 25.8. The summed E-state index contributed by atoms with van der Waals surface area (Å²) in [5.41, 5.74) is 1.80. The first-order chi connectivity index (χ1) is 14.6. The van der Waals surface area contributed by atoms with Gasteiger partial charge in [0.2, 0.25) is 0 Å². The van der Waals surface area contributed by atoms with Crippen LogP contribution < -0.4 is 10.2 Å². The van der Waals surface area contributed by atoms with Crippen molar-refractivity contribution in [2.24, 2.45) is 4.99 Å². The van der Waals surface area contributed by atoms with Gasteiger partial charge in [0.05, 0.1) is 22.9 Å². The lowest BCUT2D eigenvalue weighted by atomic mass is 10.2. The molecule has 9 heteroatoms. The monoisotopic (exact) mass is 560 g/mol. The highest BCUT2D eigenvalue weighted by Crippen LogP contribution is 2.20. The third-order valence-electron chi connectivity index (χ3n) is 5.22. The third kappa shape index (κ3) is 7.87. The van der Waals surface area contributed by atoms with Crippen molar-refractivity contribution in [3.63, 3.8) is 0 Å². The molecular weight excluding hydrogens is 526 g/mol. The fourth-order valence-electron chi connectivity index (χ4n) is 3.67. The van der Waals surface area contributed by atoms with Crippen LogP contribution in [-0.4, -0.2) is 73.6 Å². The molecule has 0 radical (unpaired) electrons. The van der Waals surface area contributed by atoms with Gasteiger partial charge in [0.1, 0.15) is 5.82 Å². The van der Waals surface area contributed by atoms with Crippen molar-refractivity contribution in [1.29, 1.82) is 0 Å². The number of hydrogen-bond donors (Lipinski definition) is 1. The van der Waals surface area contributed by atoms with Crippen LogP contribution in [0.2, 0.25) is 0 Å². The summed E-state index contributed by atoms with van der Waals surface area (Å²) < 4.78 is 14.0. The number of hydrogen-bond acceptors (Lipinski definition) is 5. The third-order valence-corrected chi connectivity index (χ3v) is 6.04. The first-order valence-corrected chi connectivity index (χ1v) is 11.6. The van der Waals surface area contributed by atoms with Gasteiger partial charge in [0, 0.05) is 58.2 Å². The Balaban J connectivity index is 0.00000341. The SMILES string of the molecule is CCNC(=NCCCN1CCN(c2ccccc2F)CC1)N(C)Cc1csc(C)n1.I. The highest BCUT2D eigenvalue weighted by Gasteiger charge is 2.18. The number of rotatable bonds is 8. The second kappa shape index (κ2) is 13.2. The summed E-state index contributed by atoms with van der Waals surface area (Å²) in [5.74, 6) is 0.792. The van der Waals surface area contributed by atoms with Crippen LogP contribution in [-0.2, 0) is 6.54 Å². The average Bonchev–Trinajstić information content (AvgIpc) is 3.15. The maximum Gasteiger partial charge on any atom is 0.194 e. The van der Waals surface area contributed by atoms with Crippen LogP contribution in [0.3, 0.4) is 0 Å². The van der Waals surface area contributed by atoms with E-state index in [1.807, 2.05) is 19.1 Å². The largest absolute Gasteiger partial charge is 0.367 e. The molecule has 0 bridgehead atoms. The molecule has 1 aliphatic rings. The summed E-state index contributed by atoms with van der Waals surface area (Å²) in [5, 5.41) is 6.57. The molecule has 31 heavy (non-hydrogen) atoms. The summed E-state index contributed by atoms with van der Waals surface area (Å²) in [6.07, 6.45) is 1.01.